The summed E-state index contributed by atoms with van der Waals surface area (Å²) in [4.78, 5) is 14.5. The molecule has 1 aliphatic rings. The van der Waals surface area contributed by atoms with Gasteiger partial charge in [-0.1, -0.05) is 35.3 Å². The first-order valence-electron chi connectivity index (χ1n) is 8.13. The highest BCUT2D eigenvalue weighted by atomic mass is 35.5. The third kappa shape index (κ3) is 3.74. The minimum atomic E-state index is -3.49. The fraction of sp³-hybridized carbons (Fsp3) is 0.278. The van der Waals surface area contributed by atoms with Gasteiger partial charge in [-0.25, -0.2) is 13.1 Å². The van der Waals surface area contributed by atoms with Crippen LogP contribution in [0.4, 0.5) is 5.69 Å². The standard InChI is InChI=1S/C18H18Cl2N2O3S/c1-21-26(24,25)14-6-7-16-13(11-14)9-10-22(16)17(23)8-5-12-3-2-4-15(19)18(12)20/h2-4,6-7,11,21H,5,8-10H2,1H3. The zero-order chi connectivity index (χ0) is 18.9. The number of aryl methyl sites for hydroxylation is 1. The smallest absolute Gasteiger partial charge is 0.240 e. The Morgan fingerprint density at radius 1 is 1.23 bits per heavy atom. The lowest BCUT2D eigenvalue weighted by molar-refractivity contribution is -0.118. The molecule has 0 fully saturated rings. The zero-order valence-corrected chi connectivity index (χ0v) is 16.5. The Morgan fingerprint density at radius 2 is 2.00 bits per heavy atom. The van der Waals surface area contributed by atoms with Crippen LogP contribution in [0.2, 0.25) is 10.0 Å². The lowest BCUT2D eigenvalue weighted by Crippen LogP contribution is -2.29. The van der Waals surface area contributed by atoms with Crippen LogP contribution in [0.5, 0.6) is 0 Å². The molecule has 138 valence electrons. The highest BCUT2D eigenvalue weighted by molar-refractivity contribution is 7.89. The van der Waals surface area contributed by atoms with Crippen LogP contribution in [0, 0.1) is 0 Å². The molecule has 0 unspecified atom stereocenters. The molecule has 0 spiro atoms. The van der Waals surface area contributed by atoms with Crippen molar-refractivity contribution in [1.29, 1.82) is 0 Å². The Balaban J connectivity index is 1.74. The van der Waals surface area contributed by atoms with Crippen molar-refractivity contribution in [2.45, 2.75) is 24.2 Å². The average Bonchev–Trinajstić information content (AvgIpc) is 3.06. The van der Waals surface area contributed by atoms with Gasteiger partial charge >= 0.3 is 0 Å². The van der Waals surface area contributed by atoms with E-state index in [1.54, 1.807) is 23.1 Å². The normalized spacial score (nSPS) is 13.7. The molecule has 0 aliphatic carbocycles. The number of rotatable bonds is 5. The molecular formula is C18H18Cl2N2O3S. The number of benzene rings is 2. The number of anilines is 1. The van der Waals surface area contributed by atoms with Crippen molar-refractivity contribution in [2.75, 3.05) is 18.5 Å². The predicted octanol–water partition coefficient (Wildman–Crippen LogP) is 3.42. The van der Waals surface area contributed by atoms with Gasteiger partial charge in [-0.3, -0.25) is 4.79 Å². The molecule has 1 aliphatic heterocycles. The molecule has 1 amide bonds. The third-order valence-corrected chi connectivity index (χ3v) is 6.74. The number of hydrogen-bond donors (Lipinski definition) is 1. The maximum atomic E-state index is 12.6. The third-order valence-electron chi connectivity index (χ3n) is 4.47. The minimum absolute atomic E-state index is 0.0241. The molecule has 26 heavy (non-hydrogen) atoms. The summed E-state index contributed by atoms with van der Waals surface area (Å²) in [7, 11) is -2.12. The SMILES string of the molecule is CNS(=O)(=O)c1ccc2c(c1)CCN2C(=O)CCc1cccc(Cl)c1Cl. The van der Waals surface area contributed by atoms with E-state index in [1.165, 1.54) is 13.1 Å². The summed E-state index contributed by atoms with van der Waals surface area (Å²) in [6.07, 6.45) is 1.43. The van der Waals surface area contributed by atoms with E-state index in [4.69, 9.17) is 23.2 Å². The maximum absolute atomic E-state index is 12.6. The zero-order valence-electron chi connectivity index (χ0n) is 14.1. The molecule has 0 radical (unpaired) electrons. The van der Waals surface area contributed by atoms with E-state index in [9.17, 15) is 13.2 Å². The molecule has 0 bridgehead atoms. The van der Waals surface area contributed by atoms with Crippen molar-refractivity contribution in [1.82, 2.24) is 4.72 Å². The Hall–Kier alpha value is -1.60. The van der Waals surface area contributed by atoms with Gasteiger partial charge in [0.2, 0.25) is 15.9 Å². The molecular weight excluding hydrogens is 395 g/mol. The Morgan fingerprint density at radius 3 is 2.73 bits per heavy atom. The van der Waals surface area contributed by atoms with Crippen molar-refractivity contribution in [3.63, 3.8) is 0 Å². The number of halogens is 2. The second-order valence-corrected chi connectivity index (χ2v) is 8.68. The predicted molar refractivity (Wildman–Crippen MR) is 104 cm³/mol. The first-order chi connectivity index (χ1) is 12.3. The van der Waals surface area contributed by atoms with Crippen molar-refractivity contribution in [3.05, 3.63) is 57.6 Å². The first-order valence-corrected chi connectivity index (χ1v) is 10.4. The van der Waals surface area contributed by atoms with Crippen LogP contribution in [0.3, 0.4) is 0 Å². The molecule has 0 atom stereocenters. The van der Waals surface area contributed by atoms with Crippen molar-refractivity contribution in [2.24, 2.45) is 0 Å². The van der Waals surface area contributed by atoms with Gasteiger partial charge in [-0.15, -0.1) is 0 Å². The number of hydrogen-bond acceptors (Lipinski definition) is 3. The lowest BCUT2D eigenvalue weighted by atomic mass is 10.1. The summed E-state index contributed by atoms with van der Waals surface area (Å²) in [6, 6.07) is 10.2. The second-order valence-electron chi connectivity index (χ2n) is 6.01. The summed E-state index contributed by atoms with van der Waals surface area (Å²) in [6.45, 7) is 0.542. The number of amides is 1. The van der Waals surface area contributed by atoms with E-state index in [0.717, 1.165) is 16.8 Å². The molecule has 1 N–H and O–H groups in total. The van der Waals surface area contributed by atoms with Crippen molar-refractivity contribution in [3.8, 4) is 0 Å². The largest absolute Gasteiger partial charge is 0.312 e. The highest BCUT2D eigenvalue weighted by Crippen LogP contribution is 2.31. The van der Waals surface area contributed by atoms with Gasteiger partial charge in [0.1, 0.15) is 0 Å². The fourth-order valence-electron chi connectivity index (χ4n) is 3.04. The molecule has 0 saturated heterocycles. The molecule has 1 heterocycles. The number of fused-ring (bicyclic) bond motifs is 1. The van der Waals surface area contributed by atoms with Crippen LogP contribution >= 0.6 is 23.2 Å². The molecule has 3 rings (SSSR count). The number of nitrogens with zero attached hydrogens (tertiary/aromatic N) is 1. The summed E-state index contributed by atoms with van der Waals surface area (Å²) in [5.74, 6) is -0.0241. The van der Waals surface area contributed by atoms with E-state index in [1.807, 2.05) is 12.1 Å². The van der Waals surface area contributed by atoms with Gasteiger partial charge in [-0.05, 0) is 55.3 Å². The van der Waals surface area contributed by atoms with Crippen LogP contribution in [-0.4, -0.2) is 27.9 Å². The highest BCUT2D eigenvalue weighted by Gasteiger charge is 2.26. The molecule has 5 nitrogen and oxygen atoms in total. The lowest BCUT2D eigenvalue weighted by Gasteiger charge is -2.18. The summed E-state index contributed by atoms with van der Waals surface area (Å²) < 4.78 is 26.1. The summed E-state index contributed by atoms with van der Waals surface area (Å²) >= 11 is 12.2. The quantitative estimate of drug-likeness (QED) is 0.817. The summed E-state index contributed by atoms with van der Waals surface area (Å²) in [5.41, 5.74) is 2.46. The van der Waals surface area contributed by atoms with E-state index in [2.05, 4.69) is 4.72 Å². The average molecular weight is 413 g/mol. The monoisotopic (exact) mass is 412 g/mol. The fourth-order valence-corrected chi connectivity index (χ4v) is 4.24. The van der Waals surface area contributed by atoms with Crippen LogP contribution in [0.15, 0.2) is 41.3 Å². The van der Waals surface area contributed by atoms with Crippen LogP contribution in [0.25, 0.3) is 0 Å². The van der Waals surface area contributed by atoms with Gasteiger partial charge in [0, 0.05) is 18.7 Å². The van der Waals surface area contributed by atoms with Crippen LogP contribution in [0.1, 0.15) is 17.5 Å². The number of carbonyl (C=O) groups is 1. The second kappa shape index (κ2) is 7.56. The van der Waals surface area contributed by atoms with Crippen molar-refractivity contribution < 1.29 is 13.2 Å². The summed E-state index contributed by atoms with van der Waals surface area (Å²) in [5, 5.41) is 0.951. The van der Waals surface area contributed by atoms with E-state index in [0.29, 0.717) is 35.9 Å². The van der Waals surface area contributed by atoms with Crippen LogP contribution in [-0.2, 0) is 27.7 Å². The van der Waals surface area contributed by atoms with E-state index < -0.39 is 10.0 Å². The Labute approximate surface area is 163 Å². The maximum Gasteiger partial charge on any atom is 0.240 e. The van der Waals surface area contributed by atoms with E-state index >= 15 is 0 Å². The van der Waals surface area contributed by atoms with Gasteiger partial charge in [0.25, 0.3) is 0 Å². The number of carbonyl (C=O) groups excluding carboxylic acids is 1. The molecule has 8 heteroatoms. The number of nitrogens with one attached hydrogen (secondary N) is 1. The molecule has 2 aromatic carbocycles. The first kappa shape index (κ1) is 19.2. The van der Waals surface area contributed by atoms with Gasteiger partial charge in [0.15, 0.2) is 0 Å². The number of sulfonamides is 1. The van der Waals surface area contributed by atoms with Crippen molar-refractivity contribution >= 4 is 44.8 Å². The Bertz CT molecular complexity index is 961. The minimum Gasteiger partial charge on any atom is -0.312 e. The molecule has 0 aromatic heterocycles. The van der Waals surface area contributed by atoms with Gasteiger partial charge < -0.3 is 4.90 Å². The van der Waals surface area contributed by atoms with Crippen LogP contribution < -0.4 is 9.62 Å². The van der Waals surface area contributed by atoms with Gasteiger partial charge in [-0.2, -0.15) is 0 Å². The topological polar surface area (TPSA) is 66.5 Å². The molecule has 2 aromatic rings. The molecule has 0 saturated carbocycles. The van der Waals surface area contributed by atoms with Gasteiger partial charge in [0.05, 0.1) is 14.9 Å². The Kier molecular flexibility index (Phi) is 5.58. The van der Waals surface area contributed by atoms with E-state index in [-0.39, 0.29) is 10.8 Å².